The Bertz CT molecular complexity index is 1260. The Morgan fingerprint density at radius 3 is 2.57 bits per heavy atom. The maximum absolute atomic E-state index is 11.8. The molecule has 2 aromatic rings. The normalized spacial score (nSPS) is 22.9. The third-order valence-electron chi connectivity index (χ3n) is 7.57. The molecule has 202 valence electrons. The van der Waals surface area contributed by atoms with Crippen LogP contribution >= 0.6 is 23.4 Å². The second-order valence-electron chi connectivity index (χ2n) is 11.2. The minimum absolute atomic E-state index is 0.138. The first-order valence-corrected chi connectivity index (χ1v) is 15.8. The van der Waals surface area contributed by atoms with Crippen LogP contribution in [-0.2, 0) is 21.2 Å². The molecule has 0 radical (unpaired) electrons. The Labute approximate surface area is 227 Å². The van der Waals surface area contributed by atoms with Crippen LogP contribution in [0, 0.1) is 10.8 Å². The van der Waals surface area contributed by atoms with Gasteiger partial charge in [0.1, 0.15) is 26.4 Å². The molecule has 3 fully saturated rings. The van der Waals surface area contributed by atoms with Crippen LogP contribution < -0.4 is 9.80 Å². The van der Waals surface area contributed by atoms with Gasteiger partial charge in [0.05, 0.1) is 36.3 Å². The van der Waals surface area contributed by atoms with Gasteiger partial charge in [0.25, 0.3) is 0 Å². The Morgan fingerprint density at radius 1 is 1.22 bits per heavy atom. The standard InChI is InChI=1S/C25H34ClN5O4S2/c1-17-10-25(15-35-17)5-8-30(9-6-25)22-18(12-32)29-20(11-28-22)36-19-4-7-27-23(21(19)26)31-13-24(2,14-31)16-37(3,33)34/h4,7,11,17,32H,5-6,8-10,12-16H2,1-3H3/t17-/m0/s1. The summed E-state index contributed by atoms with van der Waals surface area (Å²) in [6.45, 7) is 7.65. The molecule has 1 N–H and O–H groups in total. The van der Waals surface area contributed by atoms with E-state index in [1.165, 1.54) is 18.0 Å². The molecular formula is C25H34ClN5O4S2. The Kier molecular flexibility index (Phi) is 7.38. The number of aliphatic hydroxyl groups is 1. The minimum Gasteiger partial charge on any atom is -0.390 e. The van der Waals surface area contributed by atoms with E-state index < -0.39 is 9.84 Å². The molecule has 12 heteroatoms. The summed E-state index contributed by atoms with van der Waals surface area (Å²) in [5, 5.41) is 11.2. The fourth-order valence-corrected chi connectivity index (χ4v) is 8.58. The fourth-order valence-electron chi connectivity index (χ4n) is 5.99. The summed E-state index contributed by atoms with van der Waals surface area (Å²) in [6, 6.07) is 1.83. The number of halogens is 1. The fraction of sp³-hybridized carbons (Fsp3) is 0.640. The molecule has 0 saturated carbocycles. The molecule has 0 aromatic carbocycles. The summed E-state index contributed by atoms with van der Waals surface area (Å²) in [7, 11) is -3.06. The Hall–Kier alpha value is -1.66. The molecule has 3 aliphatic rings. The molecule has 1 atom stereocenters. The van der Waals surface area contributed by atoms with Crippen LogP contribution in [0.4, 0.5) is 11.6 Å². The van der Waals surface area contributed by atoms with Crippen molar-refractivity contribution in [3.63, 3.8) is 0 Å². The maximum Gasteiger partial charge on any atom is 0.152 e. The van der Waals surface area contributed by atoms with E-state index in [2.05, 4.69) is 16.8 Å². The monoisotopic (exact) mass is 567 g/mol. The van der Waals surface area contributed by atoms with E-state index in [4.69, 9.17) is 26.3 Å². The van der Waals surface area contributed by atoms with Crippen molar-refractivity contribution < 1.29 is 18.3 Å². The number of nitrogens with zero attached hydrogens (tertiary/aromatic N) is 5. The summed E-state index contributed by atoms with van der Waals surface area (Å²) in [5.41, 5.74) is 0.519. The molecule has 5 rings (SSSR count). The maximum atomic E-state index is 11.8. The van der Waals surface area contributed by atoms with Crippen LogP contribution in [0.3, 0.4) is 0 Å². The summed E-state index contributed by atoms with van der Waals surface area (Å²) in [5.74, 6) is 1.51. The molecule has 0 amide bonds. The molecule has 3 aliphatic heterocycles. The summed E-state index contributed by atoms with van der Waals surface area (Å²) < 4.78 is 29.4. The second-order valence-corrected chi connectivity index (χ2v) is 14.8. The molecule has 0 unspecified atom stereocenters. The van der Waals surface area contributed by atoms with Gasteiger partial charge in [0.15, 0.2) is 5.82 Å². The molecular weight excluding hydrogens is 534 g/mol. The van der Waals surface area contributed by atoms with E-state index in [-0.39, 0.29) is 23.2 Å². The van der Waals surface area contributed by atoms with E-state index in [1.807, 2.05) is 17.9 Å². The van der Waals surface area contributed by atoms with E-state index in [9.17, 15) is 13.5 Å². The molecule has 0 bridgehead atoms. The third-order valence-corrected chi connectivity index (χ3v) is 10.2. The number of hydrogen-bond acceptors (Lipinski definition) is 10. The van der Waals surface area contributed by atoms with Crippen LogP contribution in [0.1, 0.15) is 38.8 Å². The predicted octanol–water partition coefficient (Wildman–Crippen LogP) is 3.43. The molecule has 5 heterocycles. The lowest BCUT2D eigenvalue weighted by Crippen LogP contribution is -2.58. The highest BCUT2D eigenvalue weighted by Crippen LogP contribution is 2.44. The van der Waals surface area contributed by atoms with Crippen LogP contribution in [0.25, 0.3) is 0 Å². The van der Waals surface area contributed by atoms with E-state index in [1.54, 1.807) is 12.4 Å². The van der Waals surface area contributed by atoms with Gasteiger partial charge in [-0.05, 0) is 37.7 Å². The third kappa shape index (κ3) is 5.85. The lowest BCUT2D eigenvalue weighted by atomic mass is 9.77. The zero-order chi connectivity index (χ0) is 26.4. The number of piperidine rings is 1. The highest BCUT2D eigenvalue weighted by Gasteiger charge is 2.43. The predicted molar refractivity (Wildman–Crippen MR) is 145 cm³/mol. The van der Waals surface area contributed by atoms with Gasteiger partial charge in [0.2, 0.25) is 0 Å². The second kappa shape index (κ2) is 10.1. The van der Waals surface area contributed by atoms with E-state index in [0.717, 1.165) is 49.7 Å². The van der Waals surface area contributed by atoms with Crippen molar-refractivity contribution in [2.45, 2.75) is 55.7 Å². The van der Waals surface area contributed by atoms with Crippen LogP contribution in [-0.4, -0.2) is 79.4 Å². The van der Waals surface area contributed by atoms with Gasteiger partial charge in [-0.3, -0.25) is 0 Å². The van der Waals surface area contributed by atoms with Crippen molar-refractivity contribution >= 4 is 44.8 Å². The summed E-state index contributed by atoms with van der Waals surface area (Å²) in [6.07, 6.45) is 8.23. The average molecular weight is 568 g/mol. The molecule has 1 spiro atoms. The molecule has 0 aliphatic carbocycles. The van der Waals surface area contributed by atoms with Crippen molar-refractivity contribution in [1.29, 1.82) is 0 Å². The van der Waals surface area contributed by atoms with Crippen molar-refractivity contribution in [2.75, 3.05) is 54.6 Å². The minimum atomic E-state index is -3.06. The van der Waals surface area contributed by atoms with Gasteiger partial charge in [-0.2, -0.15) is 0 Å². The number of sulfone groups is 1. The van der Waals surface area contributed by atoms with Gasteiger partial charge in [-0.15, -0.1) is 0 Å². The Morgan fingerprint density at radius 2 is 1.95 bits per heavy atom. The molecule has 37 heavy (non-hydrogen) atoms. The molecule has 2 aromatic heterocycles. The number of anilines is 2. The molecule has 3 saturated heterocycles. The van der Waals surface area contributed by atoms with Crippen molar-refractivity contribution in [2.24, 2.45) is 10.8 Å². The zero-order valence-electron chi connectivity index (χ0n) is 21.5. The van der Waals surface area contributed by atoms with E-state index >= 15 is 0 Å². The van der Waals surface area contributed by atoms with Crippen molar-refractivity contribution in [3.05, 3.63) is 29.2 Å². The summed E-state index contributed by atoms with van der Waals surface area (Å²) in [4.78, 5) is 18.8. The molecule has 9 nitrogen and oxygen atoms in total. The number of pyridine rings is 1. The van der Waals surface area contributed by atoms with Gasteiger partial charge < -0.3 is 19.6 Å². The zero-order valence-corrected chi connectivity index (χ0v) is 23.9. The van der Waals surface area contributed by atoms with Gasteiger partial charge in [0, 0.05) is 48.9 Å². The lowest BCUT2D eigenvalue weighted by molar-refractivity contribution is 0.0975. The van der Waals surface area contributed by atoms with E-state index in [0.29, 0.717) is 40.8 Å². The Balaban J connectivity index is 1.27. The lowest BCUT2D eigenvalue weighted by Gasteiger charge is -2.48. The first-order chi connectivity index (χ1) is 17.5. The summed E-state index contributed by atoms with van der Waals surface area (Å²) >= 11 is 8.11. The van der Waals surface area contributed by atoms with Crippen LogP contribution in [0.15, 0.2) is 28.4 Å². The quantitative estimate of drug-likeness (QED) is 0.534. The number of hydrogen-bond donors (Lipinski definition) is 1. The van der Waals surface area contributed by atoms with Gasteiger partial charge in [-0.1, -0.05) is 30.3 Å². The first kappa shape index (κ1) is 26.9. The number of rotatable bonds is 7. The highest BCUT2D eigenvalue weighted by atomic mass is 35.5. The number of aromatic nitrogens is 3. The average Bonchev–Trinajstić information content (AvgIpc) is 3.18. The van der Waals surface area contributed by atoms with Gasteiger partial charge in [-0.25, -0.2) is 23.4 Å². The van der Waals surface area contributed by atoms with Crippen LogP contribution in [0.5, 0.6) is 0 Å². The van der Waals surface area contributed by atoms with Crippen LogP contribution in [0.2, 0.25) is 5.02 Å². The smallest absolute Gasteiger partial charge is 0.152 e. The number of ether oxygens (including phenoxy) is 1. The highest BCUT2D eigenvalue weighted by molar-refractivity contribution is 7.99. The van der Waals surface area contributed by atoms with Gasteiger partial charge >= 0.3 is 0 Å². The first-order valence-electron chi connectivity index (χ1n) is 12.6. The number of aliphatic hydroxyl groups excluding tert-OH is 1. The van der Waals surface area contributed by atoms with Crippen molar-refractivity contribution in [1.82, 2.24) is 15.0 Å². The topological polar surface area (TPSA) is 109 Å². The SMILES string of the molecule is C[C@H]1CC2(CCN(c3ncc(Sc4ccnc(N5CC(C)(CS(C)(=O)=O)C5)c4Cl)nc3CO)CC2)CO1. The largest absolute Gasteiger partial charge is 0.390 e. The van der Waals surface area contributed by atoms with Crippen molar-refractivity contribution in [3.8, 4) is 0 Å².